The molecule has 3 atom stereocenters. The summed E-state index contributed by atoms with van der Waals surface area (Å²) in [5.74, 6) is 0.918. The third kappa shape index (κ3) is 3.23. The lowest BCUT2D eigenvalue weighted by molar-refractivity contribution is -0.138. The summed E-state index contributed by atoms with van der Waals surface area (Å²) in [6.07, 6.45) is 4.78. The Morgan fingerprint density at radius 2 is 2.10 bits per heavy atom. The Balaban J connectivity index is 1.35. The van der Waals surface area contributed by atoms with E-state index in [-0.39, 0.29) is 24.4 Å². The van der Waals surface area contributed by atoms with E-state index in [0.29, 0.717) is 39.6 Å². The van der Waals surface area contributed by atoms with E-state index in [1.54, 1.807) is 39.9 Å². The van der Waals surface area contributed by atoms with E-state index in [1.807, 2.05) is 0 Å². The van der Waals surface area contributed by atoms with Crippen LogP contribution in [0.5, 0.6) is 0 Å². The minimum atomic E-state index is -0.492. The fourth-order valence-electron chi connectivity index (χ4n) is 4.11. The van der Waals surface area contributed by atoms with Gasteiger partial charge in [0.15, 0.2) is 0 Å². The predicted octanol–water partition coefficient (Wildman–Crippen LogP) is 1.80. The van der Waals surface area contributed by atoms with Crippen molar-refractivity contribution in [2.24, 2.45) is 5.92 Å². The molecule has 148 valence electrons. The molecule has 1 saturated carbocycles. The van der Waals surface area contributed by atoms with Gasteiger partial charge in [-0.25, -0.2) is 15.0 Å². The lowest BCUT2D eigenvalue weighted by atomic mass is 10.1. The van der Waals surface area contributed by atoms with Crippen molar-refractivity contribution in [3.63, 3.8) is 0 Å². The van der Waals surface area contributed by atoms with Gasteiger partial charge < -0.3 is 20.5 Å². The molecule has 3 N–H and O–H groups in total. The van der Waals surface area contributed by atoms with Gasteiger partial charge in [-0.1, -0.05) is 6.07 Å². The predicted molar refractivity (Wildman–Crippen MR) is 110 cm³/mol. The number of likely N-dealkylation sites (tertiary alicyclic amines) is 1. The Labute approximate surface area is 174 Å². The molecule has 3 aromatic rings. The fraction of sp³-hybridized carbons (Fsp3) is 0.316. The van der Waals surface area contributed by atoms with Crippen LogP contribution >= 0.6 is 15.9 Å². The number of amides is 2. The van der Waals surface area contributed by atoms with Gasteiger partial charge in [0.25, 0.3) is 0 Å². The second-order valence-corrected chi connectivity index (χ2v) is 8.20. The maximum atomic E-state index is 13.1. The van der Waals surface area contributed by atoms with Gasteiger partial charge in [-0.05, 0) is 52.9 Å². The van der Waals surface area contributed by atoms with Gasteiger partial charge in [0, 0.05) is 12.2 Å². The standard InChI is InChI=1S/C19H18BrN7O2/c20-14-2-1-3-15(24-14)25-19(29)13-7-10-6-12(10)27(13)16(28)8-26-5-4-11-17(21)22-9-23-18(11)26/h1-5,9-10,12-13H,6-8H2,(H2,21,22,23)(H,24,25,29)/t10-,12+,13?/m1/s1. The molecular weight excluding hydrogens is 438 g/mol. The van der Waals surface area contributed by atoms with Crippen molar-refractivity contribution < 1.29 is 9.59 Å². The molecule has 10 heteroatoms. The largest absolute Gasteiger partial charge is 0.383 e. The van der Waals surface area contributed by atoms with Crippen LogP contribution in [0.2, 0.25) is 0 Å². The van der Waals surface area contributed by atoms with Crippen molar-refractivity contribution in [2.75, 3.05) is 11.1 Å². The van der Waals surface area contributed by atoms with E-state index in [1.165, 1.54) is 6.33 Å². The van der Waals surface area contributed by atoms with E-state index in [4.69, 9.17) is 5.73 Å². The summed E-state index contributed by atoms with van der Waals surface area (Å²) >= 11 is 3.30. The van der Waals surface area contributed by atoms with Crippen LogP contribution in [0.25, 0.3) is 11.0 Å². The second-order valence-electron chi connectivity index (χ2n) is 7.39. The number of nitrogens with two attached hydrogens (primary N) is 1. The highest BCUT2D eigenvalue weighted by Gasteiger charge is 2.56. The first kappa shape index (κ1) is 18.0. The summed E-state index contributed by atoms with van der Waals surface area (Å²) in [5.41, 5.74) is 6.48. The minimum Gasteiger partial charge on any atom is -0.383 e. The number of hydrogen-bond donors (Lipinski definition) is 2. The highest BCUT2D eigenvalue weighted by molar-refractivity contribution is 9.10. The lowest BCUT2D eigenvalue weighted by Gasteiger charge is -2.27. The molecule has 0 spiro atoms. The number of carbonyl (C=O) groups is 2. The highest BCUT2D eigenvalue weighted by atomic mass is 79.9. The van der Waals surface area contributed by atoms with Gasteiger partial charge >= 0.3 is 0 Å². The number of nitrogens with zero attached hydrogens (tertiary/aromatic N) is 5. The molecule has 0 aromatic carbocycles. The highest BCUT2D eigenvalue weighted by Crippen LogP contribution is 2.48. The summed E-state index contributed by atoms with van der Waals surface area (Å²) in [7, 11) is 0. The number of halogens is 1. The van der Waals surface area contributed by atoms with E-state index in [9.17, 15) is 9.59 Å². The van der Waals surface area contributed by atoms with Gasteiger partial charge in [0.2, 0.25) is 11.8 Å². The van der Waals surface area contributed by atoms with Crippen molar-refractivity contribution in [3.05, 3.63) is 41.4 Å². The molecule has 4 heterocycles. The summed E-state index contributed by atoms with van der Waals surface area (Å²) in [4.78, 5) is 40.2. The van der Waals surface area contributed by atoms with Gasteiger partial charge in [-0.3, -0.25) is 9.59 Å². The Kier molecular flexibility index (Phi) is 4.23. The van der Waals surface area contributed by atoms with Crippen LogP contribution in [0.4, 0.5) is 11.6 Å². The number of anilines is 2. The number of nitrogens with one attached hydrogen (secondary N) is 1. The summed E-state index contributed by atoms with van der Waals surface area (Å²) < 4.78 is 2.38. The minimum absolute atomic E-state index is 0.0993. The van der Waals surface area contributed by atoms with E-state index in [2.05, 4.69) is 36.2 Å². The molecule has 1 unspecified atom stereocenters. The van der Waals surface area contributed by atoms with Crippen LogP contribution < -0.4 is 11.1 Å². The average Bonchev–Trinajstić information content (AvgIpc) is 3.15. The monoisotopic (exact) mass is 455 g/mol. The molecule has 5 rings (SSSR count). The maximum absolute atomic E-state index is 13.1. The molecular formula is C19H18BrN7O2. The van der Waals surface area contributed by atoms with E-state index in [0.717, 1.165) is 6.42 Å². The van der Waals surface area contributed by atoms with Crippen LogP contribution in [-0.2, 0) is 16.1 Å². The van der Waals surface area contributed by atoms with E-state index < -0.39 is 6.04 Å². The smallest absolute Gasteiger partial charge is 0.248 e. The average molecular weight is 456 g/mol. The molecule has 2 fully saturated rings. The Bertz CT molecular complexity index is 1130. The van der Waals surface area contributed by atoms with Crippen LogP contribution in [0, 0.1) is 5.92 Å². The summed E-state index contributed by atoms with van der Waals surface area (Å²) in [6, 6.07) is 6.75. The Morgan fingerprint density at radius 1 is 1.24 bits per heavy atom. The molecule has 9 nitrogen and oxygen atoms in total. The number of piperidine rings is 1. The van der Waals surface area contributed by atoms with Crippen molar-refractivity contribution in [1.29, 1.82) is 0 Å². The van der Waals surface area contributed by atoms with Crippen molar-refractivity contribution in [1.82, 2.24) is 24.4 Å². The molecule has 2 amide bonds. The molecule has 1 aliphatic carbocycles. The van der Waals surface area contributed by atoms with Crippen LogP contribution in [0.1, 0.15) is 12.8 Å². The normalized spacial score (nSPS) is 22.5. The zero-order valence-electron chi connectivity index (χ0n) is 15.3. The number of nitrogen functional groups attached to an aromatic ring is 1. The summed E-state index contributed by atoms with van der Waals surface area (Å²) in [5, 5.41) is 3.54. The molecule has 3 aromatic heterocycles. The number of pyridine rings is 1. The van der Waals surface area contributed by atoms with Crippen LogP contribution in [0.3, 0.4) is 0 Å². The van der Waals surface area contributed by atoms with Crippen LogP contribution in [0.15, 0.2) is 41.4 Å². The number of fused-ring (bicyclic) bond motifs is 2. The molecule has 1 aliphatic heterocycles. The maximum Gasteiger partial charge on any atom is 0.248 e. The molecule has 0 radical (unpaired) electrons. The first-order chi connectivity index (χ1) is 14.0. The van der Waals surface area contributed by atoms with Crippen molar-refractivity contribution in [2.45, 2.75) is 31.5 Å². The SMILES string of the molecule is Nc1ncnc2c1ccn2CC(=O)N1C(C(=O)Nc2cccc(Br)n2)C[C@H]2C[C@@H]21. The van der Waals surface area contributed by atoms with Gasteiger partial charge in [-0.2, -0.15) is 0 Å². The summed E-state index contributed by atoms with van der Waals surface area (Å²) in [6.45, 7) is 0.0993. The quantitative estimate of drug-likeness (QED) is 0.578. The molecule has 1 saturated heterocycles. The first-order valence-corrected chi connectivity index (χ1v) is 10.1. The molecule has 0 bridgehead atoms. The van der Waals surface area contributed by atoms with Crippen molar-refractivity contribution in [3.8, 4) is 0 Å². The number of aromatic nitrogens is 4. The first-order valence-electron chi connectivity index (χ1n) is 9.31. The molecule has 29 heavy (non-hydrogen) atoms. The number of carbonyl (C=O) groups excluding carboxylic acids is 2. The van der Waals surface area contributed by atoms with E-state index >= 15 is 0 Å². The Hall–Kier alpha value is -3.01. The number of rotatable bonds is 4. The van der Waals surface area contributed by atoms with Crippen molar-refractivity contribution >= 4 is 50.4 Å². The van der Waals surface area contributed by atoms with Gasteiger partial charge in [0.05, 0.1) is 5.39 Å². The lowest BCUT2D eigenvalue weighted by Crippen LogP contribution is -2.46. The third-order valence-corrected chi connectivity index (χ3v) is 6.00. The zero-order valence-corrected chi connectivity index (χ0v) is 16.9. The number of hydrogen-bond acceptors (Lipinski definition) is 6. The second kappa shape index (κ2) is 6.80. The molecule has 2 aliphatic rings. The van der Waals surface area contributed by atoms with Gasteiger partial charge in [0.1, 0.15) is 40.8 Å². The third-order valence-electron chi connectivity index (χ3n) is 5.55. The zero-order chi connectivity index (χ0) is 20.1. The fourth-order valence-corrected chi connectivity index (χ4v) is 4.46. The Morgan fingerprint density at radius 3 is 2.93 bits per heavy atom. The topological polar surface area (TPSA) is 119 Å². The van der Waals surface area contributed by atoms with Crippen LogP contribution in [-0.4, -0.2) is 48.3 Å². The van der Waals surface area contributed by atoms with Gasteiger partial charge in [-0.15, -0.1) is 0 Å².